The summed E-state index contributed by atoms with van der Waals surface area (Å²) in [7, 11) is 0. The topological polar surface area (TPSA) is 35.5 Å². The Kier molecular flexibility index (Phi) is 9.85. The number of unbranched alkanes of at least 4 members (excludes halogenated alkanes) is 5. The molecule has 0 spiro atoms. The van der Waals surface area contributed by atoms with Gasteiger partial charge in [0.15, 0.2) is 0 Å². The molecular weight excluding hydrogens is 288 g/mol. The summed E-state index contributed by atoms with van der Waals surface area (Å²) in [5.41, 5.74) is 1.76. The lowest BCUT2D eigenvalue weighted by atomic mass is 10.0. The lowest BCUT2D eigenvalue weighted by Gasteiger charge is -2.08. The monoisotopic (exact) mass is 318 g/mol. The number of rotatable bonds is 12. The van der Waals surface area contributed by atoms with Crippen LogP contribution in [0.3, 0.4) is 0 Å². The van der Waals surface area contributed by atoms with Crippen LogP contribution in [0, 0.1) is 0 Å². The number of ether oxygens (including phenoxy) is 2. The van der Waals surface area contributed by atoms with Crippen molar-refractivity contribution in [3.63, 3.8) is 0 Å². The molecule has 1 rings (SSSR count). The third kappa shape index (κ3) is 9.07. The van der Waals surface area contributed by atoms with Gasteiger partial charge in [-0.2, -0.15) is 0 Å². The minimum atomic E-state index is -0.372. The molecular formula is C20H30O3. The zero-order valence-corrected chi connectivity index (χ0v) is 14.6. The van der Waals surface area contributed by atoms with Gasteiger partial charge in [0.25, 0.3) is 0 Å². The molecule has 0 saturated carbocycles. The van der Waals surface area contributed by atoms with E-state index < -0.39 is 0 Å². The summed E-state index contributed by atoms with van der Waals surface area (Å²) in [5.74, 6) is 0.436. The van der Waals surface area contributed by atoms with E-state index in [0.717, 1.165) is 12.2 Å². The van der Waals surface area contributed by atoms with Gasteiger partial charge in [-0.1, -0.05) is 57.7 Å². The summed E-state index contributed by atoms with van der Waals surface area (Å²) in [4.78, 5) is 11.2. The van der Waals surface area contributed by atoms with Crippen molar-refractivity contribution in [3.05, 3.63) is 42.0 Å². The minimum Gasteiger partial charge on any atom is -0.490 e. The highest BCUT2D eigenvalue weighted by Gasteiger charge is 2.02. The van der Waals surface area contributed by atoms with Crippen LogP contribution in [0.15, 0.2) is 36.4 Å². The highest BCUT2D eigenvalue weighted by atomic mass is 16.6. The first-order valence-electron chi connectivity index (χ1n) is 8.68. The Hall–Kier alpha value is -1.77. The molecule has 0 saturated heterocycles. The summed E-state index contributed by atoms with van der Waals surface area (Å²) >= 11 is 0. The second-order valence-corrected chi connectivity index (χ2v) is 5.93. The normalized spacial score (nSPS) is 10.3. The number of hydrogen-bond acceptors (Lipinski definition) is 3. The van der Waals surface area contributed by atoms with Gasteiger partial charge < -0.3 is 9.47 Å². The summed E-state index contributed by atoms with van der Waals surface area (Å²) < 4.78 is 10.5. The summed E-state index contributed by atoms with van der Waals surface area (Å²) in [6.45, 7) is 8.00. The first-order valence-corrected chi connectivity index (χ1v) is 8.68. The number of aryl methyl sites for hydroxylation is 1. The molecule has 3 heteroatoms. The van der Waals surface area contributed by atoms with E-state index in [4.69, 9.17) is 9.47 Å². The van der Waals surface area contributed by atoms with Crippen molar-refractivity contribution in [2.75, 3.05) is 13.2 Å². The molecule has 3 nitrogen and oxygen atoms in total. The van der Waals surface area contributed by atoms with Gasteiger partial charge in [0.05, 0.1) is 0 Å². The van der Waals surface area contributed by atoms with E-state index in [9.17, 15) is 4.79 Å². The maximum atomic E-state index is 11.2. The summed E-state index contributed by atoms with van der Waals surface area (Å²) in [5, 5.41) is 0. The molecule has 0 atom stereocenters. The summed E-state index contributed by atoms with van der Waals surface area (Å²) in [6, 6.07) is 8.18. The van der Waals surface area contributed by atoms with Crippen LogP contribution >= 0.6 is 0 Å². The van der Waals surface area contributed by atoms with Crippen molar-refractivity contribution < 1.29 is 14.3 Å². The molecule has 128 valence electrons. The molecule has 0 aliphatic heterocycles. The average molecular weight is 318 g/mol. The van der Waals surface area contributed by atoms with Crippen molar-refractivity contribution in [1.29, 1.82) is 0 Å². The largest absolute Gasteiger partial charge is 0.490 e. The highest BCUT2D eigenvalue weighted by Crippen LogP contribution is 2.15. The van der Waals surface area contributed by atoms with E-state index in [1.54, 1.807) is 6.92 Å². The zero-order chi connectivity index (χ0) is 16.9. The van der Waals surface area contributed by atoms with Gasteiger partial charge in [0, 0.05) is 5.57 Å². The van der Waals surface area contributed by atoms with Crippen LogP contribution < -0.4 is 4.74 Å². The van der Waals surface area contributed by atoms with Crippen molar-refractivity contribution in [1.82, 2.24) is 0 Å². The summed E-state index contributed by atoms with van der Waals surface area (Å²) in [6.07, 6.45) is 9.05. The van der Waals surface area contributed by atoms with Gasteiger partial charge in [-0.25, -0.2) is 4.79 Å². The van der Waals surface area contributed by atoms with Crippen molar-refractivity contribution >= 4 is 5.97 Å². The predicted octanol–water partition coefficient (Wildman–Crippen LogP) is 5.09. The lowest BCUT2D eigenvalue weighted by Crippen LogP contribution is -2.12. The number of carbonyl (C=O) groups excluding carboxylic acids is 1. The van der Waals surface area contributed by atoms with E-state index >= 15 is 0 Å². The van der Waals surface area contributed by atoms with Crippen molar-refractivity contribution in [2.45, 2.75) is 58.8 Å². The van der Waals surface area contributed by atoms with E-state index in [1.165, 1.54) is 44.1 Å². The Morgan fingerprint density at radius 1 is 1.00 bits per heavy atom. The fraction of sp³-hybridized carbons (Fsp3) is 0.550. The molecule has 0 aliphatic rings. The van der Waals surface area contributed by atoms with E-state index in [-0.39, 0.29) is 12.6 Å². The van der Waals surface area contributed by atoms with Gasteiger partial charge in [-0.3, -0.25) is 0 Å². The molecule has 0 unspecified atom stereocenters. The van der Waals surface area contributed by atoms with Gasteiger partial charge in [0.2, 0.25) is 0 Å². The molecule has 0 heterocycles. The van der Waals surface area contributed by atoms with E-state index in [2.05, 4.69) is 25.6 Å². The molecule has 0 aromatic heterocycles. The SMILES string of the molecule is C=C(C)C(=O)OCCOc1ccc(CCCCCCCC)cc1. The van der Waals surface area contributed by atoms with Crippen LogP contribution in [-0.2, 0) is 16.0 Å². The first-order chi connectivity index (χ1) is 11.1. The molecule has 1 aromatic carbocycles. The zero-order valence-electron chi connectivity index (χ0n) is 14.6. The van der Waals surface area contributed by atoms with Gasteiger partial charge >= 0.3 is 5.97 Å². The van der Waals surface area contributed by atoms with Crippen LogP contribution in [0.1, 0.15) is 57.9 Å². The smallest absolute Gasteiger partial charge is 0.333 e. The van der Waals surface area contributed by atoms with Gasteiger partial charge in [-0.05, 0) is 37.5 Å². The van der Waals surface area contributed by atoms with Gasteiger partial charge in [0.1, 0.15) is 19.0 Å². The fourth-order valence-electron chi connectivity index (χ4n) is 2.28. The van der Waals surface area contributed by atoms with Crippen LogP contribution in [0.25, 0.3) is 0 Å². The number of hydrogen-bond donors (Lipinski definition) is 0. The Morgan fingerprint density at radius 3 is 2.30 bits per heavy atom. The lowest BCUT2D eigenvalue weighted by molar-refractivity contribution is -0.139. The molecule has 0 radical (unpaired) electrons. The fourth-order valence-corrected chi connectivity index (χ4v) is 2.28. The molecule has 0 amide bonds. The first kappa shape index (κ1) is 19.3. The Morgan fingerprint density at radius 2 is 1.65 bits per heavy atom. The maximum Gasteiger partial charge on any atom is 0.333 e. The maximum absolute atomic E-state index is 11.2. The van der Waals surface area contributed by atoms with Crippen molar-refractivity contribution in [2.24, 2.45) is 0 Å². The molecule has 1 aromatic rings. The Balaban J connectivity index is 2.15. The second-order valence-electron chi connectivity index (χ2n) is 5.93. The predicted molar refractivity (Wildman–Crippen MR) is 94.8 cm³/mol. The minimum absolute atomic E-state index is 0.241. The Labute approximate surface area is 140 Å². The average Bonchev–Trinajstić information content (AvgIpc) is 2.55. The van der Waals surface area contributed by atoms with E-state index in [1.807, 2.05) is 12.1 Å². The van der Waals surface area contributed by atoms with Crippen LogP contribution in [-0.4, -0.2) is 19.2 Å². The van der Waals surface area contributed by atoms with Crippen LogP contribution in [0.2, 0.25) is 0 Å². The third-order valence-electron chi connectivity index (χ3n) is 3.68. The van der Waals surface area contributed by atoms with E-state index in [0.29, 0.717) is 12.2 Å². The van der Waals surface area contributed by atoms with Crippen molar-refractivity contribution in [3.8, 4) is 5.75 Å². The third-order valence-corrected chi connectivity index (χ3v) is 3.68. The number of esters is 1. The molecule has 23 heavy (non-hydrogen) atoms. The van der Waals surface area contributed by atoms with Crippen LogP contribution in [0.5, 0.6) is 5.75 Å². The quantitative estimate of drug-likeness (QED) is 0.306. The molecule has 0 N–H and O–H groups in total. The number of benzene rings is 1. The van der Waals surface area contributed by atoms with Gasteiger partial charge in [-0.15, -0.1) is 0 Å². The molecule has 0 bridgehead atoms. The highest BCUT2D eigenvalue weighted by molar-refractivity contribution is 5.86. The second kappa shape index (κ2) is 11.8. The number of carbonyl (C=O) groups is 1. The standard InChI is InChI=1S/C20H30O3/c1-4-5-6-7-8-9-10-18-11-13-19(14-12-18)22-15-16-23-20(21)17(2)3/h11-14H,2,4-10,15-16H2,1,3H3. The Bertz CT molecular complexity index is 462. The molecule has 0 fully saturated rings. The van der Waals surface area contributed by atoms with Crippen LogP contribution in [0.4, 0.5) is 0 Å². The molecule has 0 aliphatic carbocycles.